The van der Waals surface area contributed by atoms with E-state index in [0.29, 0.717) is 28.9 Å². The van der Waals surface area contributed by atoms with Gasteiger partial charge in [0, 0.05) is 12.1 Å². The van der Waals surface area contributed by atoms with E-state index in [1.165, 1.54) is 24.3 Å². The van der Waals surface area contributed by atoms with Crippen molar-refractivity contribution in [1.82, 2.24) is 20.3 Å². The predicted octanol–water partition coefficient (Wildman–Crippen LogP) is 5.56. The summed E-state index contributed by atoms with van der Waals surface area (Å²) >= 11 is 0. The van der Waals surface area contributed by atoms with Crippen LogP contribution in [-0.2, 0) is 28.7 Å². The molecule has 216 valence electrons. The summed E-state index contributed by atoms with van der Waals surface area (Å²) in [5, 5.41) is 25.7. The number of likely N-dealkylation sites (tertiary alicyclic amines) is 1. The molecule has 2 aliphatic rings. The Hall–Kier alpha value is -2.90. The molecule has 12 heteroatoms. The number of rotatable bonds is 8. The summed E-state index contributed by atoms with van der Waals surface area (Å²) in [6, 6.07) is 8.36. The maximum Gasteiger partial charge on any atom is 0.416 e. The molecule has 0 saturated carbocycles. The number of benzene rings is 2. The first kappa shape index (κ1) is 28.6. The van der Waals surface area contributed by atoms with Crippen LogP contribution in [0, 0.1) is 17.9 Å². The number of ether oxygens (including phenoxy) is 2. The molecule has 2 aliphatic heterocycles. The molecule has 0 spiro atoms. The number of aryl methyl sites for hydroxylation is 1. The number of aromatic nitrogens is 3. The smallest absolute Gasteiger partial charge is 0.416 e. The highest BCUT2D eigenvalue weighted by Gasteiger charge is 2.44. The third-order valence-electron chi connectivity index (χ3n) is 7.66. The maximum atomic E-state index is 14.6. The molecule has 1 N–H and O–H groups in total. The zero-order chi connectivity index (χ0) is 28.5. The van der Waals surface area contributed by atoms with Crippen molar-refractivity contribution in [2.45, 2.75) is 64.4 Å². The van der Waals surface area contributed by atoms with Crippen LogP contribution in [0.15, 0.2) is 42.5 Å². The molecular formula is C28H33F4N5O3. The minimum atomic E-state index is -4.51. The van der Waals surface area contributed by atoms with E-state index in [2.05, 4.69) is 20.3 Å². The average molecular weight is 564 g/mol. The minimum absolute atomic E-state index is 0.0258. The third kappa shape index (κ3) is 6.36. The zero-order valence-corrected chi connectivity index (χ0v) is 22.5. The van der Waals surface area contributed by atoms with E-state index in [-0.39, 0.29) is 19.7 Å². The van der Waals surface area contributed by atoms with E-state index >= 15 is 0 Å². The monoisotopic (exact) mass is 563 g/mol. The molecule has 3 heterocycles. The van der Waals surface area contributed by atoms with Gasteiger partial charge in [-0.25, -0.2) is 4.39 Å². The van der Waals surface area contributed by atoms with Crippen molar-refractivity contribution in [2.75, 3.05) is 26.2 Å². The number of quaternary nitrogens is 1. The summed E-state index contributed by atoms with van der Waals surface area (Å²) in [5.74, 6) is -0.459. The number of alkyl halides is 3. The van der Waals surface area contributed by atoms with Crippen LogP contribution >= 0.6 is 0 Å². The lowest BCUT2D eigenvalue weighted by Gasteiger charge is -2.53. The number of aromatic amines is 1. The van der Waals surface area contributed by atoms with Crippen molar-refractivity contribution >= 4 is 0 Å². The van der Waals surface area contributed by atoms with Gasteiger partial charge in [0.05, 0.1) is 24.0 Å². The van der Waals surface area contributed by atoms with Crippen molar-refractivity contribution in [3.63, 3.8) is 0 Å². The SMILES string of the molecule is Cc1cc([C@@H](C)OC2OCC[N+]([O-])(Cc3nn[nH]c3CN3CCCC3)C2c2ccc(F)cc2)cc(C(F)(F)F)c1. The predicted molar refractivity (Wildman–Crippen MR) is 138 cm³/mol. The summed E-state index contributed by atoms with van der Waals surface area (Å²) in [6.45, 7) is 5.86. The Bertz CT molecular complexity index is 1300. The number of hydrogen-bond acceptors (Lipinski definition) is 6. The number of hydrogen-bond donors (Lipinski definition) is 1. The first-order chi connectivity index (χ1) is 19.0. The second-order valence-corrected chi connectivity index (χ2v) is 10.7. The van der Waals surface area contributed by atoms with Gasteiger partial charge in [0.2, 0.25) is 6.29 Å². The Morgan fingerprint density at radius 3 is 2.60 bits per heavy atom. The fourth-order valence-electron chi connectivity index (χ4n) is 5.59. The van der Waals surface area contributed by atoms with Gasteiger partial charge < -0.3 is 19.3 Å². The maximum absolute atomic E-state index is 14.6. The van der Waals surface area contributed by atoms with E-state index in [1.807, 2.05) is 0 Å². The molecule has 40 heavy (non-hydrogen) atoms. The van der Waals surface area contributed by atoms with Crippen LogP contribution in [0.1, 0.15) is 65.6 Å². The number of halogens is 4. The summed E-state index contributed by atoms with van der Waals surface area (Å²) in [4.78, 5) is 2.27. The first-order valence-corrected chi connectivity index (χ1v) is 13.4. The second kappa shape index (κ2) is 11.5. The molecule has 0 radical (unpaired) electrons. The molecule has 2 fully saturated rings. The van der Waals surface area contributed by atoms with Crippen molar-refractivity contribution in [1.29, 1.82) is 0 Å². The summed E-state index contributed by atoms with van der Waals surface area (Å²) in [5.41, 5.74) is 1.78. The first-order valence-electron chi connectivity index (χ1n) is 13.4. The molecular weight excluding hydrogens is 530 g/mol. The zero-order valence-electron chi connectivity index (χ0n) is 22.5. The molecule has 4 atom stereocenters. The van der Waals surface area contributed by atoms with Crippen molar-refractivity contribution < 1.29 is 31.7 Å². The number of H-pyrrole nitrogens is 1. The molecule has 1 aromatic heterocycles. The Morgan fingerprint density at radius 2 is 1.90 bits per heavy atom. The Balaban J connectivity index is 1.44. The second-order valence-electron chi connectivity index (χ2n) is 10.7. The van der Waals surface area contributed by atoms with Gasteiger partial charge in [0.25, 0.3) is 0 Å². The summed E-state index contributed by atoms with van der Waals surface area (Å²) < 4.78 is 65.6. The molecule has 2 saturated heterocycles. The van der Waals surface area contributed by atoms with Crippen LogP contribution in [0.5, 0.6) is 0 Å². The van der Waals surface area contributed by atoms with Crippen LogP contribution in [0.4, 0.5) is 17.6 Å². The van der Waals surface area contributed by atoms with E-state index in [0.717, 1.165) is 43.8 Å². The third-order valence-corrected chi connectivity index (χ3v) is 7.66. The number of hydroxylamine groups is 3. The van der Waals surface area contributed by atoms with Crippen LogP contribution < -0.4 is 0 Å². The van der Waals surface area contributed by atoms with Gasteiger partial charge in [0.15, 0.2) is 6.04 Å². The fourth-order valence-corrected chi connectivity index (χ4v) is 5.59. The highest BCUT2D eigenvalue weighted by Crippen LogP contribution is 2.41. The number of morpholine rings is 1. The highest BCUT2D eigenvalue weighted by atomic mass is 19.4. The normalized spacial score (nSPS) is 24.9. The van der Waals surface area contributed by atoms with Crippen LogP contribution in [0.25, 0.3) is 0 Å². The van der Waals surface area contributed by atoms with Crippen LogP contribution in [0.2, 0.25) is 0 Å². The lowest BCUT2D eigenvalue weighted by Crippen LogP contribution is -2.56. The van der Waals surface area contributed by atoms with Gasteiger partial charge in [-0.2, -0.15) is 13.2 Å². The molecule has 3 unspecified atom stereocenters. The van der Waals surface area contributed by atoms with Gasteiger partial charge in [-0.1, -0.05) is 16.8 Å². The number of nitrogens with one attached hydrogen (secondary N) is 1. The Morgan fingerprint density at radius 1 is 1.18 bits per heavy atom. The molecule has 0 bridgehead atoms. The summed E-state index contributed by atoms with van der Waals surface area (Å²) in [6.07, 6.45) is -4.20. The van der Waals surface area contributed by atoms with Gasteiger partial charge in [-0.15, -0.1) is 5.10 Å². The Kier molecular flexibility index (Phi) is 8.25. The molecule has 0 amide bonds. The Labute approximate surface area is 230 Å². The van der Waals surface area contributed by atoms with Crippen LogP contribution in [-0.4, -0.2) is 57.5 Å². The summed E-state index contributed by atoms with van der Waals surface area (Å²) in [7, 11) is 0. The van der Waals surface area contributed by atoms with Gasteiger partial charge in [0.1, 0.15) is 24.6 Å². The van der Waals surface area contributed by atoms with E-state index in [9.17, 15) is 22.8 Å². The molecule has 3 aromatic rings. The van der Waals surface area contributed by atoms with Crippen molar-refractivity contribution in [3.8, 4) is 0 Å². The quantitative estimate of drug-likeness (QED) is 0.220. The van der Waals surface area contributed by atoms with Crippen molar-refractivity contribution in [3.05, 3.63) is 87.1 Å². The topological polar surface area (TPSA) is 86.3 Å². The minimum Gasteiger partial charge on any atom is -0.632 e. The molecule has 2 aromatic carbocycles. The lowest BCUT2D eigenvalue weighted by molar-refractivity contribution is -0.941. The van der Waals surface area contributed by atoms with Gasteiger partial charge in [-0.3, -0.25) is 10.00 Å². The fraction of sp³-hybridized carbons (Fsp3) is 0.500. The molecule has 5 rings (SSSR count). The number of nitrogens with zero attached hydrogens (tertiary/aromatic N) is 4. The van der Waals surface area contributed by atoms with E-state index in [1.54, 1.807) is 19.9 Å². The molecule has 8 nitrogen and oxygen atoms in total. The standard InChI is InChI=1S/C28H33F4N5O3/c1-18-13-21(15-22(14-18)28(30,31)32)19(2)40-27-26(20-5-7-23(29)8-6-20)37(38,11-12-39-27)17-25-24(33-35-34-25)16-36-9-3-4-10-36/h5-8,13-15,19,26-27H,3-4,9-12,16-17H2,1-2H3,(H,33,34,35)/t19-,26?,27?,37?/m1/s1. The van der Waals surface area contributed by atoms with Crippen molar-refractivity contribution in [2.24, 2.45) is 0 Å². The van der Waals surface area contributed by atoms with E-state index in [4.69, 9.17) is 9.47 Å². The van der Waals surface area contributed by atoms with Crippen LogP contribution in [0.3, 0.4) is 0 Å². The highest BCUT2D eigenvalue weighted by molar-refractivity contribution is 5.32. The average Bonchev–Trinajstić information content (AvgIpc) is 3.56. The molecule has 0 aliphatic carbocycles. The lowest BCUT2D eigenvalue weighted by atomic mass is 10.0. The largest absolute Gasteiger partial charge is 0.632 e. The van der Waals surface area contributed by atoms with E-state index < -0.39 is 40.6 Å². The van der Waals surface area contributed by atoms with Gasteiger partial charge >= 0.3 is 6.18 Å². The van der Waals surface area contributed by atoms with Gasteiger partial charge in [-0.05, 0) is 81.7 Å².